The highest BCUT2D eigenvalue weighted by Crippen LogP contribution is 2.19. The van der Waals surface area contributed by atoms with Crippen molar-refractivity contribution in [1.82, 2.24) is 4.31 Å². The molecule has 0 bridgehead atoms. The molecule has 6 nitrogen and oxygen atoms in total. The molecule has 0 aliphatic carbocycles. The molecule has 0 amide bonds. The molecule has 0 heterocycles. The Morgan fingerprint density at radius 3 is 2.62 bits per heavy atom. The molecule has 0 radical (unpaired) electrons. The Kier molecular flexibility index (Phi) is 6.78. The first-order chi connectivity index (χ1) is 9.97. The van der Waals surface area contributed by atoms with Crippen LogP contribution in [0.5, 0.6) is 0 Å². The summed E-state index contributed by atoms with van der Waals surface area (Å²) in [4.78, 5) is 0.0978. The molecule has 21 heavy (non-hydrogen) atoms. The Bertz CT molecular complexity index is 595. The van der Waals surface area contributed by atoms with Gasteiger partial charge in [0, 0.05) is 26.8 Å². The second-order valence-corrected chi connectivity index (χ2v) is 6.44. The Morgan fingerprint density at radius 2 is 2.05 bits per heavy atom. The number of nitriles is 1. The van der Waals surface area contributed by atoms with Crippen molar-refractivity contribution in [2.75, 3.05) is 34.0 Å². The van der Waals surface area contributed by atoms with Crippen LogP contribution in [0.1, 0.15) is 12.5 Å². The zero-order valence-corrected chi connectivity index (χ0v) is 13.3. The van der Waals surface area contributed by atoms with Crippen LogP contribution < -0.4 is 0 Å². The molecule has 1 unspecified atom stereocenters. The van der Waals surface area contributed by atoms with Gasteiger partial charge in [-0.15, -0.1) is 0 Å². The van der Waals surface area contributed by atoms with Crippen molar-refractivity contribution < 1.29 is 17.9 Å². The third-order valence-electron chi connectivity index (χ3n) is 2.99. The number of rotatable bonds is 8. The summed E-state index contributed by atoms with van der Waals surface area (Å²) in [5, 5.41) is 8.90. The van der Waals surface area contributed by atoms with Crippen LogP contribution in [0, 0.1) is 11.3 Å². The van der Waals surface area contributed by atoms with E-state index in [4.69, 9.17) is 14.7 Å². The molecule has 0 aliphatic rings. The van der Waals surface area contributed by atoms with E-state index >= 15 is 0 Å². The lowest BCUT2D eigenvalue weighted by atomic mass is 10.2. The quantitative estimate of drug-likeness (QED) is 0.721. The lowest BCUT2D eigenvalue weighted by Crippen LogP contribution is -2.42. The molecular weight excluding hydrogens is 292 g/mol. The van der Waals surface area contributed by atoms with Crippen LogP contribution in [0.2, 0.25) is 0 Å². The molecule has 1 aromatic carbocycles. The maximum atomic E-state index is 12.7. The van der Waals surface area contributed by atoms with Gasteiger partial charge in [0.05, 0.1) is 29.7 Å². The van der Waals surface area contributed by atoms with Gasteiger partial charge in [-0.25, -0.2) is 8.42 Å². The minimum absolute atomic E-state index is 0.0978. The maximum absolute atomic E-state index is 12.7. The highest BCUT2D eigenvalue weighted by molar-refractivity contribution is 7.89. The topological polar surface area (TPSA) is 79.6 Å². The Labute approximate surface area is 125 Å². The first kappa shape index (κ1) is 17.6. The number of benzene rings is 1. The van der Waals surface area contributed by atoms with Gasteiger partial charge in [0.25, 0.3) is 0 Å². The number of ether oxygens (including phenoxy) is 2. The average Bonchev–Trinajstić information content (AvgIpc) is 2.47. The summed E-state index contributed by atoms with van der Waals surface area (Å²) in [5.74, 6) is 0. The molecule has 1 atom stereocenters. The van der Waals surface area contributed by atoms with Crippen molar-refractivity contribution in [3.8, 4) is 6.07 Å². The van der Waals surface area contributed by atoms with Crippen molar-refractivity contribution in [2.45, 2.75) is 17.9 Å². The van der Waals surface area contributed by atoms with Crippen molar-refractivity contribution in [2.24, 2.45) is 0 Å². The molecule has 0 aliphatic heterocycles. The summed E-state index contributed by atoms with van der Waals surface area (Å²) in [7, 11) is -0.667. The minimum Gasteiger partial charge on any atom is -0.383 e. The van der Waals surface area contributed by atoms with E-state index in [0.717, 1.165) is 0 Å². The minimum atomic E-state index is -3.71. The molecule has 1 aromatic rings. The lowest BCUT2D eigenvalue weighted by Gasteiger charge is -2.27. The number of hydrogen-bond acceptors (Lipinski definition) is 5. The SMILES string of the molecule is COCCN(C(C)COC)S(=O)(=O)c1cccc(C#N)c1. The van der Waals surface area contributed by atoms with Crippen LogP contribution in [0.25, 0.3) is 0 Å². The van der Waals surface area contributed by atoms with Crippen molar-refractivity contribution in [1.29, 1.82) is 5.26 Å². The monoisotopic (exact) mass is 312 g/mol. The fourth-order valence-electron chi connectivity index (χ4n) is 1.94. The molecule has 7 heteroatoms. The average molecular weight is 312 g/mol. The first-order valence-corrected chi connectivity index (χ1v) is 7.91. The van der Waals surface area contributed by atoms with Gasteiger partial charge in [-0.2, -0.15) is 9.57 Å². The largest absolute Gasteiger partial charge is 0.383 e. The summed E-state index contributed by atoms with van der Waals surface area (Å²) in [5.41, 5.74) is 0.308. The zero-order chi connectivity index (χ0) is 15.9. The van der Waals surface area contributed by atoms with Crippen molar-refractivity contribution >= 4 is 10.0 Å². The molecule has 0 saturated carbocycles. The van der Waals surface area contributed by atoms with Crippen LogP contribution in [0.15, 0.2) is 29.2 Å². The van der Waals surface area contributed by atoms with Gasteiger partial charge in [-0.1, -0.05) is 6.07 Å². The van der Waals surface area contributed by atoms with Gasteiger partial charge in [0.1, 0.15) is 0 Å². The zero-order valence-electron chi connectivity index (χ0n) is 12.4. The van der Waals surface area contributed by atoms with Crippen LogP contribution in [0.3, 0.4) is 0 Å². The fraction of sp³-hybridized carbons (Fsp3) is 0.500. The highest BCUT2D eigenvalue weighted by atomic mass is 32.2. The number of hydrogen-bond donors (Lipinski definition) is 0. The van der Waals surface area contributed by atoms with Crippen LogP contribution >= 0.6 is 0 Å². The summed E-state index contributed by atoms with van der Waals surface area (Å²) < 4.78 is 36.8. The van der Waals surface area contributed by atoms with E-state index in [2.05, 4.69) is 0 Å². The number of methoxy groups -OCH3 is 2. The predicted octanol–water partition coefficient (Wildman–Crippen LogP) is 1.23. The molecule has 0 N–H and O–H groups in total. The molecule has 0 aromatic heterocycles. The third-order valence-corrected chi connectivity index (χ3v) is 4.99. The Morgan fingerprint density at radius 1 is 1.33 bits per heavy atom. The van der Waals surface area contributed by atoms with Crippen LogP contribution in [-0.4, -0.2) is 52.7 Å². The third kappa shape index (κ3) is 4.51. The smallest absolute Gasteiger partial charge is 0.243 e. The maximum Gasteiger partial charge on any atom is 0.243 e. The van der Waals surface area contributed by atoms with Crippen LogP contribution in [0.4, 0.5) is 0 Å². The second kappa shape index (κ2) is 8.10. The Hall–Kier alpha value is -1.46. The van der Waals surface area contributed by atoms with Gasteiger partial charge in [-0.3, -0.25) is 0 Å². The summed E-state index contributed by atoms with van der Waals surface area (Å²) in [6.45, 7) is 2.55. The number of nitrogens with zero attached hydrogens (tertiary/aromatic N) is 2. The van der Waals surface area contributed by atoms with E-state index in [0.29, 0.717) is 5.56 Å². The van der Waals surface area contributed by atoms with Gasteiger partial charge in [0.15, 0.2) is 0 Å². The summed E-state index contributed by atoms with van der Waals surface area (Å²) in [6, 6.07) is 7.59. The molecule has 116 valence electrons. The van der Waals surface area contributed by atoms with Crippen molar-refractivity contribution in [3.63, 3.8) is 0 Å². The van der Waals surface area contributed by atoms with Crippen molar-refractivity contribution in [3.05, 3.63) is 29.8 Å². The Balaban J connectivity index is 3.16. The van der Waals surface area contributed by atoms with E-state index in [1.807, 2.05) is 6.07 Å². The molecule has 0 spiro atoms. The second-order valence-electron chi connectivity index (χ2n) is 4.55. The standard InChI is InChI=1S/C14H20N2O4S/c1-12(11-20-3)16(7-8-19-2)21(17,18)14-6-4-5-13(9-14)10-15/h4-6,9,12H,7-8,11H2,1-3H3. The highest BCUT2D eigenvalue weighted by Gasteiger charge is 2.29. The van der Waals surface area contributed by atoms with Gasteiger partial charge < -0.3 is 9.47 Å². The van der Waals surface area contributed by atoms with E-state index in [1.54, 1.807) is 19.1 Å². The summed E-state index contributed by atoms with van der Waals surface area (Å²) >= 11 is 0. The molecule has 1 rings (SSSR count). The lowest BCUT2D eigenvalue weighted by molar-refractivity contribution is 0.119. The predicted molar refractivity (Wildman–Crippen MR) is 78.3 cm³/mol. The van der Waals surface area contributed by atoms with Gasteiger partial charge in [0.2, 0.25) is 10.0 Å². The summed E-state index contributed by atoms with van der Waals surface area (Å²) in [6.07, 6.45) is 0. The van der Waals surface area contributed by atoms with Gasteiger partial charge >= 0.3 is 0 Å². The molecule has 0 fully saturated rings. The van der Waals surface area contributed by atoms with E-state index in [9.17, 15) is 8.42 Å². The van der Waals surface area contributed by atoms with E-state index < -0.39 is 10.0 Å². The molecular formula is C14H20N2O4S. The number of sulfonamides is 1. The fourth-order valence-corrected chi connectivity index (χ4v) is 3.59. The van der Waals surface area contributed by atoms with E-state index in [1.165, 1.54) is 30.7 Å². The van der Waals surface area contributed by atoms with E-state index in [-0.39, 0.29) is 30.7 Å². The first-order valence-electron chi connectivity index (χ1n) is 6.47. The normalized spacial score (nSPS) is 13.1. The molecule has 0 saturated heterocycles. The van der Waals surface area contributed by atoms with Crippen LogP contribution in [-0.2, 0) is 19.5 Å². The van der Waals surface area contributed by atoms with Gasteiger partial charge in [-0.05, 0) is 25.1 Å².